The first-order valence-corrected chi connectivity index (χ1v) is 16.2. The molecule has 0 aromatic carbocycles. The Labute approximate surface area is 245 Å². The zero-order valence-corrected chi connectivity index (χ0v) is 25.5. The molecular weight excluding hydrogens is 660 g/mol. The average Bonchev–Trinajstić information content (AvgIpc) is 3.68. The molecule has 10 rings (SSSR count). The van der Waals surface area contributed by atoms with E-state index in [2.05, 4.69) is 51.6 Å². The van der Waals surface area contributed by atoms with Crippen molar-refractivity contribution in [3.05, 3.63) is 20.0 Å². The highest BCUT2D eigenvalue weighted by molar-refractivity contribution is 9.11. The lowest BCUT2D eigenvalue weighted by Crippen LogP contribution is -2.61. The van der Waals surface area contributed by atoms with Gasteiger partial charge in [-0.3, -0.25) is 9.80 Å². The number of hydrogen-bond acceptors (Lipinski definition) is 10. The molecule has 8 aliphatic heterocycles. The number of fused-ring (bicyclic) bond motifs is 4. The van der Waals surface area contributed by atoms with Crippen molar-refractivity contribution < 1.29 is 19.1 Å². The minimum atomic E-state index is -0.300. The second-order valence-electron chi connectivity index (χ2n) is 11.0. The Kier molecular flexibility index (Phi) is 6.51. The van der Waals surface area contributed by atoms with E-state index in [0.717, 1.165) is 82.8 Å². The second kappa shape index (κ2) is 9.65. The molecule has 8 fully saturated rings. The predicted molar refractivity (Wildman–Crippen MR) is 151 cm³/mol. The van der Waals surface area contributed by atoms with Crippen molar-refractivity contribution in [2.75, 3.05) is 62.2 Å². The number of piperidine rings is 6. The highest BCUT2D eigenvalue weighted by Gasteiger charge is 2.57. The van der Waals surface area contributed by atoms with Crippen LogP contribution in [0.2, 0.25) is 0 Å². The van der Waals surface area contributed by atoms with Gasteiger partial charge in [0.1, 0.15) is 11.2 Å². The van der Waals surface area contributed by atoms with E-state index in [4.69, 9.17) is 9.47 Å². The van der Waals surface area contributed by atoms with Crippen molar-refractivity contribution in [2.45, 2.75) is 36.9 Å². The lowest BCUT2D eigenvalue weighted by molar-refractivity contribution is -0.0884. The Balaban J connectivity index is 0.000000127. The summed E-state index contributed by atoms with van der Waals surface area (Å²) in [6.45, 7) is 7.64. The van der Waals surface area contributed by atoms with E-state index in [1.165, 1.54) is 22.7 Å². The van der Waals surface area contributed by atoms with Gasteiger partial charge >= 0.3 is 12.2 Å². The molecule has 10 heterocycles. The van der Waals surface area contributed by atoms with Gasteiger partial charge in [0, 0.05) is 24.9 Å². The number of carbonyl (C=O) groups is 2. The molecule has 0 radical (unpaired) electrons. The van der Waals surface area contributed by atoms with Crippen molar-refractivity contribution in [1.82, 2.24) is 19.8 Å². The third kappa shape index (κ3) is 4.39. The van der Waals surface area contributed by atoms with E-state index in [1.54, 1.807) is 22.2 Å². The number of thiazole rings is 2. The Morgan fingerprint density at radius 2 is 1.11 bits per heavy atom. The minimum absolute atomic E-state index is 0.240. The monoisotopic (exact) mass is 686 g/mol. The van der Waals surface area contributed by atoms with Crippen LogP contribution >= 0.6 is 54.5 Å². The van der Waals surface area contributed by atoms with Crippen molar-refractivity contribution in [2.24, 2.45) is 11.8 Å². The largest absolute Gasteiger partial charge is 0.439 e. The maximum atomic E-state index is 12.2. The number of hydrogen-bond donors (Lipinski definition) is 0. The summed E-state index contributed by atoms with van der Waals surface area (Å²) in [6.07, 6.45) is 7.55. The smallest absolute Gasteiger partial charge is 0.416 e. The zero-order valence-electron chi connectivity index (χ0n) is 20.7. The number of aromatic nitrogens is 2. The molecule has 8 aliphatic rings. The molecule has 2 spiro atoms. The lowest BCUT2D eigenvalue weighted by Gasteiger charge is -2.49. The quantitative estimate of drug-likeness (QED) is 0.451. The summed E-state index contributed by atoms with van der Waals surface area (Å²) >= 11 is 9.72. The van der Waals surface area contributed by atoms with Gasteiger partial charge in [-0.2, -0.15) is 0 Å². The van der Waals surface area contributed by atoms with E-state index < -0.39 is 0 Å². The molecule has 2 aromatic heterocycles. The van der Waals surface area contributed by atoms with Crippen LogP contribution in [-0.4, -0.2) is 95.5 Å². The molecule has 14 heteroatoms. The second-order valence-corrected chi connectivity index (χ2v) is 15.8. The van der Waals surface area contributed by atoms with Gasteiger partial charge in [-0.25, -0.2) is 29.4 Å². The normalized spacial score (nSPS) is 37.1. The number of amides is 2. The number of rotatable bonds is 2. The van der Waals surface area contributed by atoms with Crippen molar-refractivity contribution in [3.8, 4) is 0 Å². The number of carbonyl (C=O) groups excluding carboxylic acids is 2. The standard InChI is InChI=1S/2C12H14BrN3O2S/c2*13-9-5-14-10(19-9)16-7-12(18-11(16)17)6-15-3-1-8(12)2-4-15/h2*5,8H,1-4,6-7H2/t2*12-/m10/s1. The van der Waals surface area contributed by atoms with Gasteiger partial charge in [-0.15, -0.1) is 0 Å². The highest BCUT2D eigenvalue weighted by atomic mass is 79.9. The van der Waals surface area contributed by atoms with Crippen molar-refractivity contribution in [1.29, 1.82) is 0 Å². The molecule has 0 N–H and O–H groups in total. The molecule has 0 unspecified atom stereocenters. The van der Waals surface area contributed by atoms with Gasteiger partial charge in [-0.05, 0) is 83.7 Å². The average molecular weight is 688 g/mol. The third-order valence-electron chi connectivity index (χ3n) is 8.91. The molecule has 8 saturated heterocycles. The minimum Gasteiger partial charge on any atom is -0.439 e. The van der Waals surface area contributed by atoms with Gasteiger partial charge in [0.15, 0.2) is 10.3 Å². The van der Waals surface area contributed by atoms with Crippen LogP contribution < -0.4 is 9.80 Å². The maximum absolute atomic E-state index is 12.2. The summed E-state index contributed by atoms with van der Waals surface area (Å²) in [4.78, 5) is 41.1. The fraction of sp³-hybridized carbons (Fsp3) is 0.667. The number of halogens is 2. The SMILES string of the molecule is O=C1O[C@@]2(CN3CCC2CC3)CN1c1ncc(Br)s1.O=C1O[C@]2(CN3CCC2CC3)CN1c1ncc(Br)s1. The zero-order chi connectivity index (χ0) is 26.1. The Morgan fingerprint density at radius 3 is 1.39 bits per heavy atom. The molecule has 38 heavy (non-hydrogen) atoms. The van der Waals surface area contributed by atoms with Crippen LogP contribution in [0, 0.1) is 11.8 Å². The first-order chi connectivity index (χ1) is 18.3. The number of ether oxygens (including phenoxy) is 2. The Morgan fingerprint density at radius 1 is 0.711 bits per heavy atom. The third-order valence-corrected chi connectivity index (χ3v) is 11.9. The summed E-state index contributed by atoms with van der Waals surface area (Å²) in [5, 5.41) is 1.45. The predicted octanol–water partition coefficient (Wildman–Crippen LogP) is 4.65. The van der Waals surface area contributed by atoms with Crippen LogP contribution in [0.3, 0.4) is 0 Å². The van der Waals surface area contributed by atoms with Gasteiger partial charge in [-0.1, -0.05) is 22.7 Å². The van der Waals surface area contributed by atoms with Crippen LogP contribution in [0.15, 0.2) is 20.0 Å². The maximum Gasteiger partial charge on any atom is 0.416 e. The molecule has 0 saturated carbocycles. The first-order valence-electron chi connectivity index (χ1n) is 13.0. The molecule has 204 valence electrons. The van der Waals surface area contributed by atoms with Crippen LogP contribution in [0.1, 0.15) is 25.7 Å². The Hall–Kier alpha value is -1.32. The van der Waals surface area contributed by atoms with E-state index >= 15 is 0 Å². The number of nitrogens with zero attached hydrogens (tertiary/aromatic N) is 6. The van der Waals surface area contributed by atoms with Crippen LogP contribution in [-0.2, 0) is 9.47 Å². The molecule has 2 atom stereocenters. The first kappa shape index (κ1) is 25.6. The van der Waals surface area contributed by atoms with E-state index in [-0.39, 0.29) is 23.4 Å². The van der Waals surface area contributed by atoms with Crippen molar-refractivity contribution in [3.63, 3.8) is 0 Å². The molecule has 2 amide bonds. The van der Waals surface area contributed by atoms with E-state index in [1.807, 2.05) is 0 Å². The topological polar surface area (TPSA) is 91.3 Å². The fourth-order valence-corrected chi connectivity index (χ4v) is 9.40. The Bertz CT molecular complexity index is 1150. The summed E-state index contributed by atoms with van der Waals surface area (Å²) in [5.74, 6) is 1.02. The van der Waals surface area contributed by atoms with Crippen LogP contribution in [0.5, 0.6) is 0 Å². The molecule has 4 bridgehead atoms. The van der Waals surface area contributed by atoms with Gasteiger partial charge in [0.2, 0.25) is 0 Å². The van der Waals surface area contributed by atoms with E-state index in [0.29, 0.717) is 24.9 Å². The van der Waals surface area contributed by atoms with Gasteiger partial charge in [0.05, 0.1) is 33.1 Å². The van der Waals surface area contributed by atoms with Crippen LogP contribution in [0.25, 0.3) is 0 Å². The highest BCUT2D eigenvalue weighted by Crippen LogP contribution is 2.45. The summed E-state index contributed by atoms with van der Waals surface area (Å²) in [7, 11) is 0. The van der Waals surface area contributed by atoms with Gasteiger partial charge < -0.3 is 9.47 Å². The van der Waals surface area contributed by atoms with Crippen LogP contribution in [0.4, 0.5) is 19.9 Å². The summed E-state index contributed by atoms with van der Waals surface area (Å²) in [5.41, 5.74) is -0.600. The fourth-order valence-electron chi connectivity index (χ4n) is 7.06. The molecule has 10 nitrogen and oxygen atoms in total. The van der Waals surface area contributed by atoms with Crippen molar-refractivity contribution >= 4 is 77.0 Å². The molecule has 0 aliphatic carbocycles. The summed E-state index contributed by atoms with van der Waals surface area (Å²) in [6, 6.07) is 0. The molecule has 2 aromatic rings. The summed E-state index contributed by atoms with van der Waals surface area (Å²) < 4.78 is 13.5. The number of anilines is 2. The molecular formula is C24H28Br2N6O4S2. The van der Waals surface area contributed by atoms with E-state index in [9.17, 15) is 9.59 Å². The van der Waals surface area contributed by atoms with Gasteiger partial charge in [0.25, 0.3) is 0 Å². The lowest BCUT2D eigenvalue weighted by atomic mass is 9.75.